The van der Waals surface area contributed by atoms with Crippen molar-refractivity contribution in [2.75, 3.05) is 6.54 Å². The van der Waals surface area contributed by atoms with Gasteiger partial charge < -0.3 is 5.32 Å². The number of rotatable bonds is 8. The topological polar surface area (TPSA) is 29.9 Å². The Hall–Kier alpha value is -0.830. The zero-order valence-corrected chi connectivity index (χ0v) is 12.7. The smallest absolute Gasteiger partial charge is 0.0624 e. The highest BCUT2D eigenvalue weighted by atomic mass is 15.3. The summed E-state index contributed by atoms with van der Waals surface area (Å²) < 4.78 is 2.04. The van der Waals surface area contributed by atoms with E-state index in [0.717, 1.165) is 25.3 Å². The number of aryl methyl sites for hydroxylation is 2. The summed E-state index contributed by atoms with van der Waals surface area (Å²) in [7, 11) is 2.06. The standard InChI is InChI=1S/C15H29N3/c1-6-8-16-14(9-12(3)4)11-15-10-13(7-2)17-18(15)5/h10,12,14,16H,6-9,11H2,1-5H3. The minimum Gasteiger partial charge on any atom is -0.314 e. The van der Waals surface area contributed by atoms with Gasteiger partial charge in [-0.25, -0.2) is 0 Å². The quantitative estimate of drug-likeness (QED) is 0.770. The molecule has 1 aromatic heterocycles. The fourth-order valence-electron chi connectivity index (χ4n) is 2.34. The van der Waals surface area contributed by atoms with Gasteiger partial charge >= 0.3 is 0 Å². The summed E-state index contributed by atoms with van der Waals surface area (Å²) in [5.74, 6) is 0.734. The second-order valence-corrected chi connectivity index (χ2v) is 5.59. The molecule has 0 aliphatic rings. The molecular weight excluding hydrogens is 222 g/mol. The van der Waals surface area contributed by atoms with Gasteiger partial charge in [-0.1, -0.05) is 27.7 Å². The molecule has 0 aliphatic carbocycles. The lowest BCUT2D eigenvalue weighted by atomic mass is 9.99. The minimum atomic E-state index is 0.574. The molecule has 0 saturated heterocycles. The van der Waals surface area contributed by atoms with Crippen LogP contribution >= 0.6 is 0 Å². The zero-order valence-electron chi connectivity index (χ0n) is 12.7. The van der Waals surface area contributed by atoms with Crippen molar-refractivity contribution in [3.8, 4) is 0 Å². The molecule has 0 aromatic carbocycles. The molecule has 104 valence electrons. The molecule has 0 spiro atoms. The largest absolute Gasteiger partial charge is 0.314 e. The van der Waals surface area contributed by atoms with Crippen LogP contribution in [0.15, 0.2) is 6.07 Å². The summed E-state index contributed by atoms with van der Waals surface area (Å²) in [5.41, 5.74) is 2.55. The van der Waals surface area contributed by atoms with Gasteiger partial charge in [-0.15, -0.1) is 0 Å². The van der Waals surface area contributed by atoms with Crippen LogP contribution in [0.25, 0.3) is 0 Å². The summed E-state index contributed by atoms with van der Waals surface area (Å²) >= 11 is 0. The molecule has 3 nitrogen and oxygen atoms in total. The molecule has 1 heterocycles. The number of nitrogens with one attached hydrogen (secondary N) is 1. The van der Waals surface area contributed by atoms with Crippen LogP contribution < -0.4 is 5.32 Å². The van der Waals surface area contributed by atoms with Crippen LogP contribution in [-0.4, -0.2) is 22.4 Å². The summed E-state index contributed by atoms with van der Waals surface area (Å²) in [6, 6.07) is 2.83. The molecule has 1 rings (SSSR count). The number of nitrogens with zero attached hydrogens (tertiary/aromatic N) is 2. The molecule has 0 fully saturated rings. The number of hydrogen-bond acceptors (Lipinski definition) is 2. The van der Waals surface area contributed by atoms with Gasteiger partial charge in [-0.3, -0.25) is 4.68 Å². The van der Waals surface area contributed by atoms with E-state index in [0.29, 0.717) is 6.04 Å². The SMILES string of the molecule is CCCNC(Cc1cc(CC)nn1C)CC(C)C. The normalized spacial score (nSPS) is 13.2. The van der Waals surface area contributed by atoms with E-state index in [1.807, 2.05) is 4.68 Å². The maximum atomic E-state index is 4.53. The van der Waals surface area contributed by atoms with Crippen LogP contribution in [-0.2, 0) is 19.9 Å². The van der Waals surface area contributed by atoms with Crippen LogP contribution in [0.5, 0.6) is 0 Å². The highest BCUT2D eigenvalue weighted by Crippen LogP contribution is 2.12. The van der Waals surface area contributed by atoms with Gasteiger partial charge in [-0.05, 0) is 37.8 Å². The van der Waals surface area contributed by atoms with Crippen LogP contribution in [0.1, 0.15) is 51.9 Å². The summed E-state index contributed by atoms with van der Waals surface area (Å²) in [6.45, 7) is 10.1. The number of aromatic nitrogens is 2. The van der Waals surface area contributed by atoms with Crippen molar-refractivity contribution in [2.24, 2.45) is 13.0 Å². The van der Waals surface area contributed by atoms with Crippen LogP contribution in [0.4, 0.5) is 0 Å². The van der Waals surface area contributed by atoms with Crippen molar-refractivity contribution in [3.63, 3.8) is 0 Å². The Balaban J connectivity index is 2.65. The molecule has 0 aliphatic heterocycles. The van der Waals surface area contributed by atoms with E-state index in [1.54, 1.807) is 0 Å². The van der Waals surface area contributed by atoms with Gasteiger partial charge in [0.05, 0.1) is 5.69 Å². The average Bonchev–Trinajstić information content (AvgIpc) is 2.66. The predicted molar refractivity (Wildman–Crippen MR) is 77.8 cm³/mol. The number of hydrogen-bond donors (Lipinski definition) is 1. The van der Waals surface area contributed by atoms with Crippen molar-refractivity contribution in [3.05, 3.63) is 17.5 Å². The molecule has 18 heavy (non-hydrogen) atoms. The first-order valence-corrected chi connectivity index (χ1v) is 7.31. The van der Waals surface area contributed by atoms with Crippen molar-refractivity contribution >= 4 is 0 Å². The van der Waals surface area contributed by atoms with Gasteiger partial charge in [0.25, 0.3) is 0 Å². The van der Waals surface area contributed by atoms with E-state index in [4.69, 9.17) is 0 Å². The van der Waals surface area contributed by atoms with Gasteiger partial charge in [0.2, 0.25) is 0 Å². The second kappa shape index (κ2) is 7.57. The van der Waals surface area contributed by atoms with Gasteiger partial charge in [0.15, 0.2) is 0 Å². The molecule has 1 atom stereocenters. The van der Waals surface area contributed by atoms with Crippen molar-refractivity contribution in [2.45, 2.75) is 59.4 Å². The molecular formula is C15H29N3. The summed E-state index contributed by atoms with van der Waals surface area (Å²) in [6.07, 6.45) is 4.53. The van der Waals surface area contributed by atoms with Gasteiger partial charge in [0.1, 0.15) is 0 Å². The highest BCUT2D eigenvalue weighted by Gasteiger charge is 2.14. The lowest BCUT2D eigenvalue weighted by Gasteiger charge is -2.20. The molecule has 0 saturated carbocycles. The minimum absolute atomic E-state index is 0.574. The molecule has 0 amide bonds. The van der Waals surface area contributed by atoms with Crippen LogP contribution in [0.2, 0.25) is 0 Å². The molecule has 1 aromatic rings. The second-order valence-electron chi connectivity index (χ2n) is 5.59. The first-order valence-electron chi connectivity index (χ1n) is 7.31. The van der Waals surface area contributed by atoms with Gasteiger partial charge in [0, 0.05) is 25.2 Å². The molecule has 1 unspecified atom stereocenters. The Morgan fingerprint density at radius 1 is 1.33 bits per heavy atom. The lowest BCUT2D eigenvalue weighted by molar-refractivity contribution is 0.409. The maximum absolute atomic E-state index is 4.53. The molecule has 0 bridgehead atoms. The Morgan fingerprint density at radius 3 is 2.56 bits per heavy atom. The maximum Gasteiger partial charge on any atom is 0.0624 e. The van der Waals surface area contributed by atoms with Crippen molar-refractivity contribution in [1.82, 2.24) is 15.1 Å². The van der Waals surface area contributed by atoms with Crippen molar-refractivity contribution < 1.29 is 0 Å². The van der Waals surface area contributed by atoms with E-state index in [2.05, 4.69) is 51.2 Å². The van der Waals surface area contributed by atoms with E-state index < -0.39 is 0 Å². The Morgan fingerprint density at radius 2 is 2.06 bits per heavy atom. The van der Waals surface area contributed by atoms with Gasteiger partial charge in [-0.2, -0.15) is 5.10 Å². The zero-order chi connectivity index (χ0) is 13.5. The van der Waals surface area contributed by atoms with E-state index >= 15 is 0 Å². The first kappa shape index (κ1) is 15.2. The molecule has 1 N–H and O–H groups in total. The summed E-state index contributed by atoms with van der Waals surface area (Å²) in [5, 5.41) is 8.19. The third-order valence-corrected chi connectivity index (χ3v) is 3.28. The Labute approximate surface area is 112 Å². The van der Waals surface area contributed by atoms with Crippen LogP contribution in [0, 0.1) is 5.92 Å². The first-order chi connectivity index (χ1) is 8.56. The predicted octanol–water partition coefficient (Wildman–Crippen LogP) is 2.94. The lowest BCUT2D eigenvalue weighted by Crippen LogP contribution is -2.33. The third kappa shape index (κ3) is 4.81. The highest BCUT2D eigenvalue weighted by molar-refractivity contribution is 5.11. The fraction of sp³-hybridized carbons (Fsp3) is 0.800. The van der Waals surface area contributed by atoms with E-state index in [-0.39, 0.29) is 0 Å². The van der Waals surface area contributed by atoms with Crippen LogP contribution in [0.3, 0.4) is 0 Å². The van der Waals surface area contributed by atoms with E-state index in [1.165, 1.54) is 24.2 Å². The summed E-state index contributed by atoms with van der Waals surface area (Å²) in [4.78, 5) is 0. The Bertz CT molecular complexity index is 342. The molecule has 3 heteroatoms. The third-order valence-electron chi connectivity index (χ3n) is 3.28. The fourth-order valence-corrected chi connectivity index (χ4v) is 2.34. The monoisotopic (exact) mass is 251 g/mol. The van der Waals surface area contributed by atoms with Crippen molar-refractivity contribution in [1.29, 1.82) is 0 Å². The Kier molecular flexibility index (Phi) is 6.41. The van der Waals surface area contributed by atoms with E-state index in [9.17, 15) is 0 Å². The average molecular weight is 251 g/mol. The molecule has 0 radical (unpaired) electrons.